The summed E-state index contributed by atoms with van der Waals surface area (Å²) < 4.78 is 31.2. The minimum absolute atomic E-state index is 0.256. The summed E-state index contributed by atoms with van der Waals surface area (Å²) in [5, 5.41) is 3.45. The van der Waals surface area contributed by atoms with Crippen LogP contribution in [0.4, 0.5) is 11.4 Å². The van der Waals surface area contributed by atoms with Crippen LogP contribution in [0.25, 0.3) is 0 Å². The van der Waals surface area contributed by atoms with Gasteiger partial charge in [-0.25, -0.2) is 8.42 Å². The summed E-state index contributed by atoms with van der Waals surface area (Å²) in [4.78, 5) is 0. The monoisotopic (exact) mass is 312 g/mol. The summed E-state index contributed by atoms with van der Waals surface area (Å²) in [7, 11) is -3.28. The topological polar surface area (TPSA) is 67.4 Å². The van der Waals surface area contributed by atoms with Crippen LogP contribution in [0.1, 0.15) is 26.7 Å². The number of hydrogen-bond acceptors (Lipinski definition) is 4. The predicted molar refractivity (Wildman–Crippen MR) is 86.1 cm³/mol. The largest absolute Gasteiger partial charge is 0.380 e. The van der Waals surface area contributed by atoms with Crippen LogP contribution in [0, 0.1) is 5.92 Å². The van der Waals surface area contributed by atoms with E-state index in [-0.39, 0.29) is 6.10 Å². The van der Waals surface area contributed by atoms with Crippen LogP contribution < -0.4 is 10.0 Å². The minimum Gasteiger partial charge on any atom is -0.380 e. The average molecular weight is 312 g/mol. The quantitative estimate of drug-likeness (QED) is 0.877. The fourth-order valence-corrected chi connectivity index (χ4v) is 3.12. The van der Waals surface area contributed by atoms with E-state index in [1.165, 1.54) is 0 Å². The molecule has 2 N–H and O–H groups in total. The molecule has 1 heterocycles. The first-order valence-electron chi connectivity index (χ1n) is 7.30. The van der Waals surface area contributed by atoms with Gasteiger partial charge in [0, 0.05) is 12.6 Å². The lowest BCUT2D eigenvalue weighted by Gasteiger charge is -2.33. The number of para-hydroxylation sites is 2. The lowest BCUT2D eigenvalue weighted by Crippen LogP contribution is -2.36. The molecule has 21 heavy (non-hydrogen) atoms. The number of nitrogens with one attached hydrogen (secondary N) is 2. The molecule has 0 saturated carbocycles. The summed E-state index contributed by atoms with van der Waals surface area (Å²) in [6, 6.07) is 7.68. The molecule has 1 aromatic carbocycles. The van der Waals surface area contributed by atoms with Crippen molar-refractivity contribution in [1.29, 1.82) is 0 Å². The second-order valence-electron chi connectivity index (χ2n) is 5.94. The molecule has 1 aliphatic rings. The van der Waals surface area contributed by atoms with Crippen LogP contribution in [-0.2, 0) is 14.8 Å². The molecule has 2 unspecified atom stereocenters. The van der Waals surface area contributed by atoms with Crippen molar-refractivity contribution in [3.05, 3.63) is 24.3 Å². The number of anilines is 2. The molecule has 6 heteroatoms. The molecule has 118 valence electrons. The smallest absolute Gasteiger partial charge is 0.229 e. The third-order valence-electron chi connectivity index (χ3n) is 3.64. The van der Waals surface area contributed by atoms with E-state index in [1.54, 1.807) is 6.07 Å². The lowest BCUT2D eigenvalue weighted by atomic mass is 9.95. The first-order valence-corrected chi connectivity index (χ1v) is 9.19. The maximum Gasteiger partial charge on any atom is 0.229 e. The van der Waals surface area contributed by atoms with E-state index in [4.69, 9.17) is 4.74 Å². The van der Waals surface area contributed by atoms with Crippen LogP contribution in [0.3, 0.4) is 0 Å². The number of sulfonamides is 1. The molecule has 1 aromatic rings. The molecular weight excluding hydrogens is 288 g/mol. The second kappa shape index (κ2) is 6.66. The van der Waals surface area contributed by atoms with E-state index in [1.807, 2.05) is 18.2 Å². The summed E-state index contributed by atoms with van der Waals surface area (Å²) in [6.45, 7) is 5.06. The molecule has 0 aliphatic carbocycles. The molecule has 0 aromatic heterocycles. The Hall–Kier alpha value is -1.27. The molecule has 1 aliphatic heterocycles. The van der Waals surface area contributed by atoms with E-state index in [0.717, 1.165) is 31.4 Å². The highest BCUT2D eigenvalue weighted by atomic mass is 32.2. The van der Waals surface area contributed by atoms with Crippen molar-refractivity contribution in [2.75, 3.05) is 22.9 Å². The zero-order valence-corrected chi connectivity index (χ0v) is 13.6. The van der Waals surface area contributed by atoms with Crippen LogP contribution in [0.15, 0.2) is 24.3 Å². The van der Waals surface area contributed by atoms with E-state index in [0.29, 0.717) is 17.6 Å². The molecule has 0 spiro atoms. The third-order valence-corrected chi connectivity index (χ3v) is 4.23. The van der Waals surface area contributed by atoms with Gasteiger partial charge >= 0.3 is 0 Å². The molecule has 2 atom stereocenters. The first-order chi connectivity index (χ1) is 9.85. The Bertz CT molecular complexity index is 572. The SMILES string of the molecule is CC(C)C1CC(Nc2ccccc2NS(C)(=O)=O)CCO1. The van der Waals surface area contributed by atoms with Crippen molar-refractivity contribution < 1.29 is 13.2 Å². The Balaban J connectivity index is 2.09. The number of benzene rings is 1. The van der Waals surface area contributed by atoms with Gasteiger partial charge in [-0.15, -0.1) is 0 Å². The van der Waals surface area contributed by atoms with Crippen molar-refractivity contribution in [2.45, 2.75) is 38.8 Å². The highest BCUT2D eigenvalue weighted by Crippen LogP contribution is 2.27. The molecule has 0 bridgehead atoms. The molecule has 1 saturated heterocycles. The minimum atomic E-state index is -3.28. The van der Waals surface area contributed by atoms with Crippen molar-refractivity contribution in [2.24, 2.45) is 5.92 Å². The summed E-state index contributed by atoms with van der Waals surface area (Å²) in [5.41, 5.74) is 1.41. The van der Waals surface area contributed by atoms with Crippen LogP contribution in [0.5, 0.6) is 0 Å². The second-order valence-corrected chi connectivity index (χ2v) is 7.69. The van der Waals surface area contributed by atoms with Gasteiger partial charge in [-0.3, -0.25) is 4.72 Å². The van der Waals surface area contributed by atoms with Gasteiger partial charge in [0.25, 0.3) is 0 Å². The summed E-state index contributed by atoms with van der Waals surface area (Å²) >= 11 is 0. The zero-order chi connectivity index (χ0) is 15.5. The van der Waals surface area contributed by atoms with Crippen LogP contribution in [0.2, 0.25) is 0 Å². The Morgan fingerprint density at radius 3 is 2.52 bits per heavy atom. The third kappa shape index (κ3) is 4.89. The van der Waals surface area contributed by atoms with E-state index >= 15 is 0 Å². The van der Waals surface area contributed by atoms with E-state index in [9.17, 15) is 8.42 Å². The van der Waals surface area contributed by atoms with Crippen LogP contribution in [-0.4, -0.2) is 33.4 Å². The fourth-order valence-electron chi connectivity index (χ4n) is 2.54. The Morgan fingerprint density at radius 2 is 1.90 bits per heavy atom. The number of ether oxygens (including phenoxy) is 1. The van der Waals surface area contributed by atoms with E-state index < -0.39 is 10.0 Å². The summed E-state index contributed by atoms with van der Waals surface area (Å²) in [6.07, 6.45) is 3.28. The lowest BCUT2D eigenvalue weighted by molar-refractivity contribution is -0.0160. The maximum absolute atomic E-state index is 11.4. The van der Waals surface area contributed by atoms with Gasteiger partial charge in [-0.1, -0.05) is 26.0 Å². The van der Waals surface area contributed by atoms with Gasteiger partial charge in [-0.05, 0) is 30.9 Å². The van der Waals surface area contributed by atoms with Gasteiger partial charge in [0.2, 0.25) is 10.0 Å². The molecule has 1 fully saturated rings. The highest BCUT2D eigenvalue weighted by Gasteiger charge is 2.25. The fraction of sp³-hybridized carbons (Fsp3) is 0.600. The molecule has 2 rings (SSSR count). The highest BCUT2D eigenvalue weighted by molar-refractivity contribution is 7.92. The van der Waals surface area contributed by atoms with Gasteiger partial charge in [0.05, 0.1) is 23.7 Å². The van der Waals surface area contributed by atoms with E-state index in [2.05, 4.69) is 23.9 Å². The Kier molecular flexibility index (Phi) is 5.11. The molecule has 5 nitrogen and oxygen atoms in total. The Labute approximate surface area is 127 Å². The number of hydrogen-bond donors (Lipinski definition) is 2. The normalized spacial score (nSPS) is 23.0. The maximum atomic E-state index is 11.4. The Morgan fingerprint density at radius 1 is 1.24 bits per heavy atom. The van der Waals surface area contributed by atoms with Gasteiger partial charge < -0.3 is 10.1 Å². The van der Waals surface area contributed by atoms with Crippen molar-refractivity contribution in [1.82, 2.24) is 0 Å². The predicted octanol–water partition coefficient (Wildman–Crippen LogP) is 2.67. The summed E-state index contributed by atoms with van der Waals surface area (Å²) in [5.74, 6) is 0.485. The molecule has 0 amide bonds. The van der Waals surface area contributed by atoms with Gasteiger partial charge in [-0.2, -0.15) is 0 Å². The van der Waals surface area contributed by atoms with Crippen molar-refractivity contribution in [3.63, 3.8) is 0 Å². The van der Waals surface area contributed by atoms with Gasteiger partial charge in [0.15, 0.2) is 0 Å². The van der Waals surface area contributed by atoms with Crippen LogP contribution >= 0.6 is 0 Å². The van der Waals surface area contributed by atoms with Crippen molar-refractivity contribution in [3.8, 4) is 0 Å². The number of rotatable bonds is 5. The average Bonchev–Trinajstić information content (AvgIpc) is 2.40. The van der Waals surface area contributed by atoms with Crippen molar-refractivity contribution >= 4 is 21.4 Å². The van der Waals surface area contributed by atoms with Gasteiger partial charge in [0.1, 0.15) is 0 Å². The first kappa shape index (κ1) is 16.1. The molecular formula is C15H24N2O3S. The zero-order valence-electron chi connectivity index (χ0n) is 12.8. The molecule has 0 radical (unpaired) electrons. The standard InChI is InChI=1S/C15H24N2O3S/c1-11(2)15-10-12(8-9-20-15)16-13-6-4-5-7-14(13)17-21(3,18)19/h4-7,11-12,15-17H,8-10H2,1-3H3.